The van der Waals surface area contributed by atoms with Gasteiger partial charge in [-0.25, -0.2) is 4.98 Å². The maximum atomic E-state index is 13.2. The third kappa shape index (κ3) is 5.78. The number of hydrogen-bond donors (Lipinski definition) is 2. The largest absolute Gasteiger partial charge is 0.375 e. The Morgan fingerprint density at radius 1 is 1.13 bits per heavy atom. The van der Waals surface area contributed by atoms with Crippen LogP contribution in [-0.4, -0.2) is 95.2 Å². The molecule has 3 aromatic rings. The van der Waals surface area contributed by atoms with E-state index < -0.39 is 18.0 Å². The van der Waals surface area contributed by atoms with Gasteiger partial charge in [0, 0.05) is 55.0 Å². The van der Waals surface area contributed by atoms with E-state index >= 15 is 0 Å². The summed E-state index contributed by atoms with van der Waals surface area (Å²) in [5, 5.41) is 15.8. The van der Waals surface area contributed by atoms with Crippen molar-refractivity contribution in [1.82, 2.24) is 35.6 Å². The lowest BCUT2D eigenvalue weighted by Crippen LogP contribution is -2.61. The molecule has 3 amide bonds. The monoisotopic (exact) mass is 557 g/mol. The number of methoxy groups -OCH3 is 1. The average Bonchev–Trinajstić information content (AvgIpc) is 3.33. The number of carbonyl (C=O) groups excluding carboxylic acids is 3. The van der Waals surface area contributed by atoms with Gasteiger partial charge >= 0.3 is 0 Å². The standard InChI is InChI=1S/C25H28ClN7O4S/c1-32-7-5-17-21(12-32)38-25(29-17)24(36)28-20-11-33(22(34)13-37-2)8-6-16(20)27-23(35)19-9-14-3-4-15(26)10-18(14)30-31-19/h3-4,9-10,16,20H,5-8,11-13H2,1-2H3,(H,27,35)(H,28,36)/t16-,20-/m0/s1. The molecule has 0 unspecified atom stereocenters. The zero-order valence-corrected chi connectivity index (χ0v) is 22.6. The van der Waals surface area contributed by atoms with Crippen molar-refractivity contribution in [1.29, 1.82) is 0 Å². The van der Waals surface area contributed by atoms with Crippen molar-refractivity contribution in [2.45, 2.75) is 31.5 Å². The number of rotatable bonds is 6. The van der Waals surface area contributed by atoms with E-state index in [0.717, 1.165) is 35.5 Å². The van der Waals surface area contributed by atoms with Crippen molar-refractivity contribution in [3.63, 3.8) is 0 Å². The molecule has 2 aliphatic heterocycles. The lowest BCUT2D eigenvalue weighted by atomic mass is 9.98. The average molecular weight is 558 g/mol. The van der Waals surface area contributed by atoms with Crippen LogP contribution in [-0.2, 0) is 22.5 Å². The van der Waals surface area contributed by atoms with Crippen LogP contribution in [0.2, 0.25) is 5.02 Å². The molecule has 11 nitrogen and oxygen atoms in total. The maximum Gasteiger partial charge on any atom is 0.280 e. The van der Waals surface area contributed by atoms with E-state index in [1.54, 1.807) is 29.2 Å². The number of hydrogen-bond acceptors (Lipinski definition) is 9. The predicted octanol–water partition coefficient (Wildman–Crippen LogP) is 1.50. The first-order valence-corrected chi connectivity index (χ1v) is 13.5. The fourth-order valence-corrected chi connectivity index (χ4v) is 5.98. The number of amides is 3. The summed E-state index contributed by atoms with van der Waals surface area (Å²) in [4.78, 5) is 48.4. The Morgan fingerprint density at radius 2 is 1.95 bits per heavy atom. The van der Waals surface area contributed by atoms with Crippen LogP contribution in [0.3, 0.4) is 0 Å². The second-order valence-electron chi connectivity index (χ2n) is 9.53. The summed E-state index contributed by atoms with van der Waals surface area (Å²) in [6.45, 7) is 2.26. The molecule has 2 N–H and O–H groups in total. The zero-order chi connectivity index (χ0) is 26.8. The maximum absolute atomic E-state index is 13.2. The number of aromatic nitrogens is 3. The number of piperidine rings is 1. The SMILES string of the molecule is COCC(=O)N1CC[C@H](NC(=O)c2cc3ccc(Cl)cc3nn2)[C@@H](NC(=O)c2nc3c(s2)CN(C)CC3)C1. The highest BCUT2D eigenvalue weighted by molar-refractivity contribution is 7.13. The van der Waals surface area contributed by atoms with E-state index in [-0.39, 0.29) is 30.7 Å². The van der Waals surface area contributed by atoms with E-state index in [0.29, 0.717) is 28.5 Å². The van der Waals surface area contributed by atoms with Crippen LogP contribution in [0.1, 0.15) is 37.3 Å². The predicted molar refractivity (Wildman–Crippen MR) is 142 cm³/mol. The molecule has 4 heterocycles. The second kappa shape index (κ2) is 11.3. The van der Waals surface area contributed by atoms with Crippen LogP contribution >= 0.6 is 22.9 Å². The minimum atomic E-state index is -0.531. The number of carbonyl (C=O) groups is 3. The van der Waals surface area contributed by atoms with E-state index in [1.807, 2.05) is 7.05 Å². The molecular formula is C25H28ClN7O4S. The Balaban J connectivity index is 1.33. The molecule has 0 saturated carbocycles. The number of nitrogens with zero attached hydrogens (tertiary/aromatic N) is 5. The van der Waals surface area contributed by atoms with Crippen LogP contribution < -0.4 is 10.6 Å². The highest BCUT2D eigenvalue weighted by Gasteiger charge is 2.35. The molecule has 1 aromatic carbocycles. The van der Waals surface area contributed by atoms with Crippen molar-refractivity contribution in [3.8, 4) is 0 Å². The van der Waals surface area contributed by atoms with Gasteiger partial charge in [-0.15, -0.1) is 21.5 Å². The van der Waals surface area contributed by atoms with Crippen LogP contribution in [0, 0.1) is 0 Å². The number of ether oxygens (including phenoxy) is 1. The lowest BCUT2D eigenvalue weighted by molar-refractivity contribution is -0.136. The quantitative estimate of drug-likeness (QED) is 0.466. The third-order valence-corrected chi connectivity index (χ3v) is 8.08. The summed E-state index contributed by atoms with van der Waals surface area (Å²) >= 11 is 7.40. The van der Waals surface area contributed by atoms with Gasteiger partial charge in [-0.2, -0.15) is 0 Å². The molecule has 1 fully saturated rings. The van der Waals surface area contributed by atoms with Crippen LogP contribution in [0.25, 0.3) is 10.9 Å². The van der Waals surface area contributed by atoms with Crippen molar-refractivity contribution in [2.75, 3.05) is 40.4 Å². The molecule has 0 spiro atoms. The Bertz CT molecular complexity index is 1380. The number of likely N-dealkylation sites (tertiary alicyclic amines) is 1. The van der Waals surface area contributed by atoms with Gasteiger partial charge in [0.05, 0.1) is 23.3 Å². The molecule has 2 aliphatic rings. The van der Waals surface area contributed by atoms with Crippen molar-refractivity contribution in [2.24, 2.45) is 0 Å². The van der Waals surface area contributed by atoms with Crippen LogP contribution in [0.15, 0.2) is 24.3 Å². The van der Waals surface area contributed by atoms with Crippen LogP contribution in [0.5, 0.6) is 0 Å². The van der Waals surface area contributed by atoms with Gasteiger partial charge in [-0.05, 0) is 31.7 Å². The molecule has 38 heavy (non-hydrogen) atoms. The van der Waals surface area contributed by atoms with Gasteiger partial charge in [0.25, 0.3) is 11.8 Å². The number of nitrogens with one attached hydrogen (secondary N) is 2. The smallest absolute Gasteiger partial charge is 0.280 e. The minimum absolute atomic E-state index is 0.0545. The summed E-state index contributed by atoms with van der Waals surface area (Å²) in [5.74, 6) is -0.911. The summed E-state index contributed by atoms with van der Waals surface area (Å²) < 4.78 is 5.01. The van der Waals surface area contributed by atoms with Gasteiger partial charge in [0.1, 0.15) is 6.61 Å². The molecule has 0 bridgehead atoms. The fourth-order valence-electron chi connectivity index (χ4n) is 4.73. The summed E-state index contributed by atoms with van der Waals surface area (Å²) in [6.07, 6.45) is 1.25. The molecule has 0 aliphatic carbocycles. The lowest BCUT2D eigenvalue weighted by Gasteiger charge is -2.39. The third-order valence-electron chi connectivity index (χ3n) is 6.77. The molecule has 2 atom stereocenters. The highest BCUT2D eigenvalue weighted by atomic mass is 35.5. The molecule has 2 aromatic heterocycles. The molecule has 1 saturated heterocycles. The van der Waals surface area contributed by atoms with Gasteiger partial charge in [-0.3, -0.25) is 14.4 Å². The number of fused-ring (bicyclic) bond motifs is 2. The summed E-state index contributed by atoms with van der Waals surface area (Å²) in [5.41, 5.74) is 1.70. The zero-order valence-electron chi connectivity index (χ0n) is 21.1. The summed E-state index contributed by atoms with van der Waals surface area (Å²) in [7, 11) is 3.50. The number of thiazole rings is 1. The molecular weight excluding hydrogens is 530 g/mol. The molecule has 200 valence electrons. The topological polar surface area (TPSA) is 130 Å². The number of likely N-dealkylation sites (N-methyl/N-ethyl adjacent to an activating group) is 1. The molecule has 0 radical (unpaired) electrons. The first-order chi connectivity index (χ1) is 18.3. The normalized spacial score (nSPS) is 19.7. The molecule has 5 rings (SSSR count). The Kier molecular flexibility index (Phi) is 7.84. The van der Waals surface area contributed by atoms with E-state index in [1.165, 1.54) is 18.4 Å². The van der Waals surface area contributed by atoms with Crippen molar-refractivity contribution in [3.05, 3.63) is 50.6 Å². The Morgan fingerprint density at radius 3 is 2.76 bits per heavy atom. The highest BCUT2D eigenvalue weighted by Crippen LogP contribution is 2.25. The van der Waals surface area contributed by atoms with Crippen molar-refractivity contribution >= 4 is 51.6 Å². The minimum Gasteiger partial charge on any atom is -0.375 e. The Labute approximate surface area is 228 Å². The molecule has 13 heteroatoms. The summed E-state index contributed by atoms with van der Waals surface area (Å²) in [6, 6.07) is 5.87. The number of benzene rings is 1. The fraction of sp³-hybridized carbons (Fsp3) is 0.440. The number of halogens is 1. The van der Waals surface area contributed by atoms with E-state index in [4.69, 9.17) is 16.3 Å². The first-order valence-electron chi connectivity index (χ1n) is 12.3. The van der Waals surface area contributed by atoms with Gasteiger partial charge in [0.2, 0.25) is 5.91 Å². The van der Waals surface area contributed by atoms with E-state index in [9.17, 15) is 14.4 Å². The van der Waals surface area contributed by atoms with Crippen LogP contribution in [0.4, 0.5) is 0 Å². The van der Waals surface area contributed by atoms with Gasteiger partial charge in [-0.1, -0.05) is 17.7 Å². The van der Waals surface area contributed by atoms with Crippen molar-refractivity contribution < 1.29 is 19.1 Å². The van der Waals surface area contributed by atoms with E-state index in [2.05, 4.69) is 30.7 Å². The van der Waals surface area contributed by atoms with Gasteiger partial charge < -0.3 is 25.2 Å². The first kappa shape index (κ1) is 26.4. The second-order valence-corrected chi connectivity index (χ2v) is 11.1. The van der Waals surface area contributed by atoms with Gasteiger partial charge in [0.15, 0.2) is 10.7 Å². The Hall–Kier alpha value is -3.19.